The Morgan fingerprint density at radius 2 is 2.22 bits per heavy atom. The van der Waals surface area contributed by atoms with Crippen LogP contribution < -0.4 is 4.74 Å². The molecule has 27 heavy (non-hydrogen) atoms. The van der Waals surface area contributed by atoms with E-state index >= 15 is 0 Å². The minimum Gasteiger partial charge on any atom is -0.492 e. The largest absolute Gasteiger partial charge is 0.492 e. The summed E-state index contributed by atoms with van der Waals surface area (Å²) in [5.41, 5.74) is 0.547. The molecule has 2 saturated heterocycles. The predicted molar refractivity (Wildman–Crippen MR) is 99.6 cm³/mol. The first-order chi connectivity index (χ1) is 13.2. The number of aromatic nitrogens is 1. The number of nitrogens with zero attached hydrogens (tertiary/aromatic N) is 2. The maximum atomic E-state index is 12.5. The fraction of sp³-hybridized carbons (Fsp3) is 0.524. The number of pyridine rings is 1. The summed E-state index contributed by atoms with van der Waals surface area (Å²) < 4.78 is 17.1. The van der Waals surface area contributed by atoms with Crippen LogP contribution in [0.2, 0.25) is 0 Å². The molecule has 1 atom stereocenters. The van der Waals surface area contributed by atoms with Crippen LogP contribution in [-0.4, -0.2) is 47.7 Å². The molecule has 6 nitrogen and oxygen atoms in total. The average molecular weight is 370 g/mol. The standard InChI is InChI=1S/C21H26N2O4/c24-20(18-5-11-25-16-18)23-9-6-21(7-10-23)14-17(4-13-27-21)3-12-26-19-2-1-8-22-15-19/h1-2,5,8,11,15-17H,3-4,6-7,9-10,12-14H2. The lowest BCUT2D eigenvalue weighted by Crippen LogP contribution is -2.50. The van der Waals surface area contributed by atoms with E-state index < -0.39 is 0 Å². The van der Waals surface area contributed by atoms with Crippen molar-refractivity contribution in [3.63, 3.8) is 0 Å². The van der Waals surface area contributed by atoms with Crippen LogP contribution in [0.25, 0.3) is 0 Å². The highest BCUT2D eigenvalue weighted by Crippen LogP contribution is 2.39. The molecule has 144 valence electrons. The Morgan fingerprint density at radius 3 is 2.96 bits per heavy atom. The van der Waals surface area contributed by atoms with Gasteiger partial charge in [0.1, 0.15) is 12.0 Å². The van der Waals surface area contributed by atoms with Crippen LogP contribution in [0.15, 0.2) is 47.5 Å². The number of rotatable bonds is 5. The Hall–Kier alpha value is -2.34. The van der Waals surface area contributed by atoms with E-state index in [1.165, 1.54) is 6.26 Å². The molecule has 0 radical (unpaired) electrons. The van der Waals surface area contributed by atoms with Gasteiger partial charge in [0.25, 0.3) is 5.91 Å². The summed E-state index contributed by atoms with van der Waals surface area (Å²) >= 11 is 0. The van der Waals surface area contributed by atoms with Crippen molar-refractivity contribution in [1.29, 1.82) is 0 Å². The lowest BCUT2D eigenvalue weighted by Gasteiger charge is -2.46. The molecular formula is C21H26N2O4. The van der Waals surface area contributed by atoms with Crippen molar-refractivity contribution in [1.82, 2.24) is 9.88 Å². The summed E-state index contributed by atoms with van der Waals surface area (Å²) in [6.07, 6.45) is 11.5. The minimum atomic E-state index is -0.0790. The van der Waals surface area contributed by atoms with Gasteiger partial charge < -0.3 is 18.8 Å². The van der Waals surface area contributed by atoms with Crippen LogP contribution in [0.5, 0.6) is 5.75 Å². The molecular weight excluding hydrogens is 344 g/mol. The van der Waals surface area contributed by atoms with Gasteiger partial charge in [-0.2, -0.15) is 0 Å². The molecule has 0 aromatic carbocycles. The van der Waals surface area contributed by atoms with Gasteiger partial charge in [-0.25, -0.2) is 0 Å². The van der Waals surface area contributed by atoms with Crippen LogP contribution >= 0.6 is 0 Å². The number of carbonyl (C=O) groups is 1. The molecule has 2 aliphatic heterocycles. The summed E-state index contributed by atoms with van der Waals surface area (Å²) in [4.78, 5) is 18.5. The van der Waals surface area contributed by atoms with Gasteiger partial charge in [0.2, 0.25) is 0 Å². The minimum absolute atomic E-state index is 0.0517. The van der Waals surface area contributed by atoms with Gasteiger partial charge in [-0.3, -0.25) is 9.78 Å². The molecule has 4 heterocycles. The normalized spacial score (nSPS) is 21.9. The van der Waals surface area contributed by atoms with E-state index in [4.69, 9.17) is 13.9 Å². The maximum absolute atomic E-state index is 12.5. The van der Waals surface area contributed by atoms with Gasteiger partial charge in [-0.05, 0) is 56.2 Å². The summed E-state index contributed by atoms with van der Waals surface area (Å²) in [5, 5.41) is 0. The Kier molecular flexibility index (Phi) is 5.43. The molecule has 0 N–H and O–H groups in total. The van der Waals surface area contributed by atoms with Crippen LogP contribution in [0, 0.1) is 5.92 Å². The summed E-state index contributed by atoms with van der Waals surface area (Å²) in [7, 11) is 0. The molecule has 2 aromatic heterocycles. The Balaban J connectivity index is 1.26. The fourth-order valence-electron chi connectivity index (χ4n) is 4.19. The third-order valence-electron chi connectivity index (χ3n) is 5.75. The SMILES string of the molecule is O=C(c1ccoc1)N1CCC2(CC1)CC(CCOc1cccnc1)CCO2. The zero-order chi connectivity index (χ0) is 18.5. The molecule has 0 bridgehead atoms. The Labute approximate surface area is 159 Å². The number of hydrogen-bond acceptors (Lipinski definition) is 5. The number of ether oxygens (including phenoxy) is 2. The zero-order valence-electron chi connectivity index (χ0n) is 15.5. The van der Waals surface area contributed by atoms with Crippen molar-refractivity contribution in [2.24, 2.45) is 5.92 Å². The van der Waals surface area contributed by atoms with E-state index in [1.807, 2.05) is 17.0 Å². The highest BCUT2D eigenvalue weighted by molar-refractivity contribution is 5.93. The van der Waals surface area contributed by atoms with E-state index in [-0.39, 0.29) is 11.5 Å². The quantitative estimate of drug-likeness (QED) is 0.805. The van der Waals surface area contributed by atoms with Gasteiger partial charge in [0.15, 0.2) is 0 Å². The summed E-state index contributed by atoms with van der Waals surface area (Å²) in [6, 6.07) is 5.55. The topological polar surface area (TPSA) is 64.8 Å². The molecule has 1 amide bonds. The average Bonchev–Trinajstić information content (AvgIpc) is 3.24. The Bertz CT molecular complexity index is 724. The highest BCUT2D eigenvalue weighted by Gasteiger charge is 2.41. The monoisotopic (exact) mass is 370 g/mol. The van der Waals surface area contributed by atoms with E-state index in [9.17, 15) is 4.79 Å². The molecule has 4 rings (SSSR count). The second-order valence-corrected chi connectivity index (χ2v) is 7.52. The number of hydrogen-bond donors (Lipinski definition) is 0. The van der Waals surface area contributed by atoms with E-state index in [2.05, 4.69) is 4.98 Å². The number of amides is 1. The summed E-state index contributed by atoms with van der Waals surface area (Å²) in [6.45, 7) is 2.98. The highest BCUT2D eigenvalue weighted by atomic mass is 16.5. The number of furan rings is 1. The second kappa shape index (κ2) is 8.13. The number of piperidine rings is 1. The number of likely N-dealkylation sites (tertiary alicyclic amines) is 1. The van der Waals surface area contributed by atoms with Crippen molar-refractivity contribution in [2.45, 2.75) is 37.7 Å². The zero-order valence-corrected chi connectivity index (χ0v) is 15.5. The molecule has 0 aliphatic carbocycles. The van der Waals surface area contributed by atoms with Crippen LogP contribution in [-0.2, 0) is 4.74 Å². The van der Waals surface area contributed by atoms with Crippen LogP contribution in [0.4, 0.5) is 0 Å². The predicted octanol–water partition coefficient (Wildman–Crippen LogP) is 3.55. The van der Waals surface area contributed by atoms with Gasteiger partial charge in [-0.1, -0.05) is 0 Å². The Morgan fingerprint density at radius 1 is 1.33 bits per heavy atom. The lowest BCUT2D eigenvalue weighted by molar-refractivity contribution is -0.125. The second-order valence-electron chi connectivity index (χ2n) is 7.52. The lowest BCUT2D eigenvalue weighted by atomic mass is 9.78. The van der Waals surface area contributed by atoms with E-state index in [0.717, 1.165) is 57.6 Å². The van der Waals surface area contributed by atoms with Crippen molar-refractivity contribution in [3.8, 4) is 5.75 Å². The van der Waals surface area contributed by atoms with Crippen molar-refractivity contribution in [3.05, 3.63) is 48.7 Å². The van der Waals surface area contributed by atoms with Gasteiger partial charge in [0, 0.05) is 25.9 Å². The smallest absolute Gasteiger partial charge is 0.257 e. The van der Waals surface area contributed by atoms with Crippen LogP contribution in [0.3, 0.4) is 0 Å². The molecule has 6 heteroatoms. The van der Waals surface area contributed by atoms with Crippen molar-refractivity contribution < 1.29 is 18.7 Å². The molecule has 0 saturated carbocycles. The summed E-state index contributed by atoms with van der Waals surface area (Å²) in [5.74, 6) is 1.48. The van der Waals surface area contributed by atoms with Gasteiger partial charge in [-0.15, -0.1) is 0 Å². The van der Waals surface area contributed by atoms with Crippen LogP contribution in [0.1, 0.15) is 42.5 Å². The van der Waals surface area contributed by atoms with Crippen molar-refractivity contribution in [2.75, 3.05) is 26.3 Å². The first-order valence-corrected chi connectivity index (χ1v) is 9.72. The van der Waals surface area contributed by atoms with Gasteiger partial charge >= 0.3 is 0 Å². The third-order valence-corrected chi connectivity index (χ3v) is 5.75. The molecule has 1 spiro atoms. The fourth-order valence-corrected chi connectivity index (χ4v) is 4.19. The molecule has 1 unspecified atom stereocenters. The molecule has 2 aromatic rings. The van der Waals surface area contributed by atoms with E-state index in [1.54, 1.807) is 24.7 Å². The first kappa shape index (κ1) is 18.0. The van der Waals surface area contributed by atoms with E-state index in [0.29, 0.717) is 18.1 Å². The van der Waals surface area contributed by atoms with Crippen molar-refractivity contribution >= 4 is 5.91 Å². The third kappa shape index (κ3) is 4.33. The molecule has 2 fully saturated rings. The molecule has 2 aliphatic rings. The van der Waals surface area contributed by atoms with Gasteiger partial charge in [0.05, 0.1) is 30.2 Å². The number of carbonyl (C=O) groups excluding carboxylic acids is 1. The first-order valence-electron chi connectivity index (χ1n) is 9.72. The maximum Gasteiger partial charge on any atom is 0.257 e.